The topological polar surface area (TPSA) is 107 Å². The highest BCUT2D eigenvalue weighted by molar-refractivity contribution is 7.90. The summed E-state index contributed by atoms with van der Waals surface area (Å²) in [6, 6.07) is 17.7. The van der Waals surface area contributed by atoms with Gasteiger partial charge in [0.2, 0.25) is 0 Å². The maximum atomic E-state index is 13.4. The van der Waals surface area contributed by atoms with Crippen molar-refractivity contribution in [2.45, 2.75) is 25.2 Å². The van der Waals surface area contributed by atoms with Gasteiger partial charge in [0.25, 0.3) is 15.9 Å². The molecule has 2 aromatic heterocycles. The number of benzene rings is 2. The van der Waals surface area contributed by atoms with Crippen LogP contribution in [0.1, 0.15) is 29.9 Å². The molecule has 4 aromatic rings. The fourth-order valence-electron chi connectivity index (χ4n) is 4.38. The Balaban J connectivity index is 1.49. The molecule has 2 aromatic carbocycles. The van der Waals surface area contributed by atoms with Crippen molar-refractivity contribution < 1.29 is 22.7 Å². The number of pyridine rings is 2. The monoisotopic (exact) mass is 503 g/mol. The number of nitrogens with zero attached hydrogens (tertiary/aromatic N) is 2. The van der Waals surface area contributed by atoms with Crippen molar-refractivity contribution in [3.05, 3.63) is 78.1 Å². The van der Waals surface area contributed by atoms with E-state index >= 15 is 0 Å². The van der Waals surface area contributed by atoms with E-state index in [1.807, 2.05) is 44.2 Å². The van der Waals surface area contributed by atoms with Crippen LogP contribution < -0.4 is 14.2 Å². The minimum absolute atomic E-state index is 0.0323. The number of nitrogens with one attached hydrogen (secondary N) is 1. The first-order valence-electron chi connectivity index (χ1n) is 11.4. The van der Waals surface area contributed by atoms with E-state index in [1.54, 1.807) is 30.5 Å². The van der Waals surface area contributed by atoms with E-state index in [-0.39, 0.29) is 27.5 Å². The molecule has 0 unspecified atom stereocenters. The Labute approximate surface area is 209 Å². The molecule has 8 nitrogen and oxygen atoms in total. The van der Waals surface area contributed by atoms with E-state index in [4.69, 9.17) is 9.47 Å². The summed E-state index contributed by atoms with van der Waals surface area (Å²) in [5.74, 6) is -0.545. The fourth-order valence-corrected chi connectivity index (χ4v) is 5.69. The third-order valence-corrected chi connectivity index (χ3v) is 7.43. The lowest BCUT2D eigenvalue weighted by Gasteiger charge is -2.32. The van der Waals surface area contributed by atoms with Gasteiger partial charge in [-0.25, -0.2) is 18.1 Å². The average molecular weight is 504 g/mol. The predicted molar refractivity (Wildman–Crippen MR) is 136 cm³/mol. The van der Waals surface area contributed by atoms with Gasteiger partial charge in [-0.2, -0.15) is 0 Å². The highest BCUT2D eigenvalue weighted by Gasteiger charge is 2.35. The van der Waals surface area contributed by atoms with Crippen molar-refractivity contribution in [3.63, 3.8) is 0 Å². The number of hydrogen-bond acceptors (Lipinski definition) is 7. The zero-order chi connectivity index (χ0) is 25.5. The normalized spacial score (nSPS) is 14.5. The van der Waals surface area contributed by atoms with Crippen LogP contribution in [0, 0.1) is 5.41 Å². The molecule has 9 heteroatoms. The van der Waals surface area contributed by atoms with Crippen LogP contribution in [-0.2, 0) is 16.4 Å². The second kappa shape index (κ2) is 8.91. The van der Waals surface area contributed by atoms with E-state index in [9.17, 15) is 13.2 Å². The Morgan fingerprint density at radius 2 is 1.89 bits per heavy atom. The molecule has 0 saturated carbocycles. The van der Waals surface area contributed by atoms with Crippen LogP contribution in [0.15, 0.2) is 71.8 Å². The van der Waals surface area contributed by atoms with Crippen LogP contribution in [0.2, 0.25) is 0 Å². The Bertz CT molecular complexity index is 1580. The van der Waals surface area contributed by atoms with Crippen molar-refractivity contribution in [1.82, 2.24) is 14.7 Å². The lowest BCUT2D eigenvalue weighted by atomic mass is 9.84. The number of methoxy groups -OCH3 is 1. The van der Waals surface area contributed by atoms with E-state index in [2.05, 4.69) is 14.7 Å². The molecule has 0 bridgehead atoms. The smallest absolute Gasteiger partial charge is 0.283 e. The highest BCUT2D eigenvalue weighted by atomic mass is 32.2. The van der Waals surface area contributed by atoms with Gasteiger partial charge in [0.05, 0.1) is 24.9 Å². The van der Waals surface area contributed by atoms with E-state index < -0.39 is 15.9 Å². The van der Waals surface area contributed by atoms with Gasteiger partial charge in [-0.1, -0.05) is 38.1 Å². The number of fused-ring (bicyclic) bond motifs is 2. The largest absolute Gasteiger partial charge is 0.495 e. The lowest BCUT2D eigenvalue weighted by molar-refractivity contribution is 0.0976. The molecular weight excluding hydrogens is 478 g/mol. The number of amides is 1. The molecule has 36 heavy (non-hydrogen) atoms. The van der Waals surface area contributed by atoms with Gasteiger partial charge in [0.1, 0.15) is 17.2 Å². The number of carbonyl (C=O) groups is 1. The maximum absolute atomic E-state index is 13.4. The van der Waals surface area contributed by atoms with Crippen LogP contribution in [-0.4, -0.2) is 38.0 Å². The van der Waals surface area contributed by atoms with Crippen molar-refractivity contribution in [2.24, 2.45) is 5.41 Å². The second-order valence-corrected chi connectivity index (χ2v) is 11.1. The number of sulfonamides is 1. The SMILES string of the molecule is COc1ccc2c(c1S(=O)(=O)NC(=O)c1ccc3c(-c4ccccn4)cccc3n1)OCC(C)(C)C2. The molecule has 5 rings (SSSR count). The van der Waals surface area contributed by atoms with Gasteiger partial charge < -0.3 is 9.47 Å². The number of aromatic nitrogens is 2. The average Bonchev–Trinajstić information content (AvgIpc) is 2.87. The molecular formula is C27H25N3O5S. The summed E-state index contributed by atoms with van der Waals surface area (Å²) in [5.41, 5.74) is 2.74. The van der Waals surface area contributed by atoms with Crippen LogP contribution >= 0.6 is 0 Å². The summed E-state index contributed by atoms with van der Waals surface area (Å²) in [6.07, 6.45) is 2.34. The number of carbonyl (C=O) groups excluding carboxylic acids is 1. The van der Waals surface area contributed by atoms with E-state index in [1.165, 1.54) is 13.2 Å². The van der Waals surface area contributed by atoms with Crippen LogP contribution in [0.25, 0.3) is 22.2 Å². The summed E-state index contributed by atoms with van der Waals surface area (Å²) in [5, 5.41) is 0.797. The summed E-state index contributed by atoms with van der Waals surface area (Å²) in [4.78, 5) is 21.7. The quantitative estimate of drug-likeness (QED) is 0.430. The number of hydrogen-bond donors (Lipinski definition) is 1. The summed E-state index contributed by atoms with van der Waals surface area (Å²) in [6.45, 7) is 4.43. The molecule has 1 aliphatic rings. The minimum atomic E-state index is -4.33. The molecule has 0 saturated heterocycles. The summed E-state index contributed by atoms with van der Waals surface area (Å²) >= 11 is 0. The molecule has 0 atom stereocenters. The van der Waals surface area contributed by atoms with Gasteiger partial charge in [0.15, 0.2) is 4.90 Å². The molecule has 1 N–H and O–H groups in total. The van der Waals surface area contributed by atoms with Crippen LogP contribution in [0.4, 0.5) is 0 Å². The Kier molecular flexibility index (Phi) is 5.88. The molecule has 0 aliphatic carbocycles. The minimum Gasteiger partial charge on any atom is -0.495 e. The molecule has 0 spiro atoms. The number of ether oxygens (including phenoxy) is 2. The standard InChI is InChI=1S/C27H25N3O5S/c1-27(2)15-17-10-13-23(34-3)25(24(17)35-16-27)36(32,33)30-26(31)22-12-11-19-18(7-6-9-21(19)29-22)20-8-4-5-14-28-20/h4-14H,15-16H2,1-3H3,(H,30,31). The number of rotatable bonds is 5. The van der Waals surface area contributed by atoms with Gasteiger partial charge in [0, 0.05) is 22.6 Å². The highest BCUT2D eigenvalue weighted by Crippen LogP contribution is 2.42. The van der Waals surface area contributed by atoms with Crippen molar-refractivity contribution >= 4 is 26.8 Å². The van der Waals surface area contributed by atoms with E-state index in [0.29, 0.717) is 18.5 Å². The zero-order valence-electron chi connectivity index (χ0n) is 20.1. The van der Waals surface area contributed by atoms with Crippen LogP contribution in [0.5, 0.6) is 11.5 Å². The van der Waals surface area contributed by atoms with Crippen molar-refractivity contribution in [2.75, 3.05) is 13.7 Å². The third kappa shape index (κ3) is 4.37. The molecule has 184 valence electrons. The van der Waals surface area contributed by atoms with Crippen molar-refractivity contribution in [1.29, 1.82) is 0 Å². The predicted octanol–water partition coefficient (Wildman–Crippen LogP) is 4.39. The molecule has 1 aliphatic heterocycles. The molecule has 0 radical (unpaired) electrons. The van der Waals surface area contributed by atoms with Gasteiger partial charge >= 0.3 is 0 Å². The molecule has 0 fully saturated rings. The lowest BCUT2D eigenvalue weighted by Crippen LogP contribution is -2.34. The first-order valence-corrected chi connectivity index (χ1v) is 12.9. The van der Waals surface area contributed by atoms with E-state index in [0.717, 1.165) is 22.2 Å². The zero-order valence-corrected chi connectivity index (χ0v) is 20.9. The summed E-state index contributed by atoms with van der Waals surface area (Å²) < 4.78 is 40.1. The fraction of sp³-hybridized carbons (Fsp3) is 0.222. The van der Waals surface area contributed by atoms with Gasteiger partial charge in [-0.15, -0.1) is 0 Å². The molecule has 3 heterocycles. The second-order valence-electron chi connectivity index (χ2n) is 9.43. The third-order valence-electron chi connectivity index (χ3n) is 6.05. The Hall–Kier alpha value is -3.98. The summed E-state index contributed by atoms with van der Waals surface area (Å²) in [7, 11) is -2.96. The molecule has 1 amide bonds. The Morgan fingerprint density at radius 3 is 2.64 bits per heavy atom. The van der Waals surface area contributed by atoms with Gasteiger partial charge in [-0.3, -0.25) is 9.78 Å². The Morgan fingerprint density at radius 1 is 1.06 bits per heavy atom. The van der Waals surface area contributed by atoms with Crippen LogP contribution in [0.3, 0.4) is 0 Å². The first-order chi connectivity index (χ1) is 17.2. The first kappa shape index (κ1) is 23.7. The maximum Gasteiger partial charge on any atom is 0.283 e. The van der Waals surface area contributed by atoms with Gasteiger partial charge in [-0.05, 0) is 48.4 Å². The van der Waals surface area contributed by atoms with Crippen molar-refractivity contribution in [3.8, 4) is 22.8 Å².